The van der Waals surface area contributed by atoms with Gasteiger partial charge in [-0.3, -0.25) is 9.59 Å². The van der Waals surface area contributed by atoms with Crippen LogP contribution < -0.4 is 0 Å². The van der Waals surface area contributed by atoms with E-state index in [1.807, 2.05) is 4.90 Å². The first-order valence-electron chi connectivity index (χ1n) is 8.64. The molecule has 3 rings (SSSR count). The molecule has 5 heteroatoms. The molecule has 1 saturated heterocycles. The third-order valence-electron chi connectivity index (χ3n) is 5.16. The Labute approximate surface area is 142 Å². The van der Waals surface area contributed by atoms with Crippen LogP contribution in [0.3, 0.4) is 0 Å². The first-order chi connectivity index (χ1) is 11.6. The number of likely N-dealkylation sites (tertiary alicyclic amines) is 1. The van der Waals surface area contributed by atoms with E-state index < -0.39 is 0 Å². The number of nitriles is 1. The number of amides is 2. The Kier molecular flexibility index (Phi) is 4.84. The molecule has 1 aromatic rings. The minimum atomic E-state index is -0.154. The third-order valence-corrected chi connectivity index (χ3v) is 5.16. The van der Waals surface area contributed by atoms with Gasteiger partial charge in [0.2, 0.25) is 5.91 Å². The topological polar surface area (TPSA) is 64.4 Å². The van der Waals surface area contributed by atoms with Gasteiger partial charge in [-0.2, -0.15) is 5.26 Å². The molecule has 24 heavy (non-hydrogen) atoms. The predicted octanol–water partition coefficient (Wildman–Crippen LogP) is 2.42. The third kappa shape index (κ3) is 3.28. The Morgan fingerprint density at radius 1 is 1.33 bits per heavy atom. The molecule has 1 aromatic carbocycles. The van der Waals surface area contributed by atoms with Gasteiger partial charge in [0.1, 0.15) is 0 Å². The lowest BCUT2D eigenvalue weighted by atomic mass is 10.1. The summed E-state index contributed by atoms with van der Waals surface area (Å²) in [6.07, 6.45) is 5.17. The van der Waals surface area contributed by atoms with Crippen molar-refractivity contribution in [2.75, 3.05) is 20.1 Å². The predicted molar refractivity (Wildman–Crippen MR) is 90.2 cm³/mol. The molecule has 2 aliphatic rings. The van der Waals surface area contributed by atoms with Crippen LogP contribution >= 0.6 is 0 Å². The zero-order valence-electron chi connectivity index (χ0n) is 14.1. The molecular formula is C19H23N3O2. The molecule has 1 heterocycles. The van der Waals surface area contributed by atoms with Gasteiger partial charge in [0.15, 0.2) is 0 Å². The number of hydrogen-bond acceptors (Lipinski definition) is 3. The van der Waals surface area contributed by atoms with Crippen LogP contribution in [0.2, 0.25) is 0 Å². The molecule has 2 amide bonds. The second-order valence-electron chi connectivity index (χ2n) is 6.90. The second-order valence-corrected chi connectivity index (χ2v) is 6.90. The Hall–Kier alpha value is -2.35. The van der Waals surface area contributed by atoms with E-state index in [1.165, 1.54) is 12.8 Å². The molecule has 0 bridgehead atoms. The summed E-state index contributed by atoms with van der Waals surface area (Å²) in [5, 5.41) is 9.15. The van der Waals surface area contributed by atoms with Crippen LogP contribution in [0.4, 0.5) is 0 Å². The lowest BCUT2D eigenvalue weighted by Gasteiger charge is -2.25. The van der Waals surface area contributed by atoms with E-state index in [4.69, 9.17) is 5.26 Å². The van der Waals surface area contributed by atoms with E-state index in [0.29, 0.717) is 30.1 Å². The van der Waals surface area contributed by atoms with Crippen molar-refractivity contribution in [3.05, 3.63) is 35.4 Å². The molecule has 2 fully saturated rings. The maximum atomic E-state index is 12.6. The molecule has 1 atom stereocenters. The fraction of sp³-hybridized carbons (Fsp3) is 0.526. The Bertz CT molecular complexity index is 673. The first-order valence-corrected chi connectivity index (χ1v) is 8.64. The van der Waals surface area contributed by atoms with E-state index in [9.17, 15) is 9.59 Å². The first kappa shape index (κ1) is 16.5. The summed E-state index contributed by atoms with van der Waals surface area (Å²) in [7, 11) is 1.75. The van der Waals surface area contributed by atoms with Gasteiger partial charge < -0.3 is 9.80 Å². The molecule has 1 aliphatic heterocycles. The molecule has 1 unspecified atom stereocenters. The fourth-order valence-corrected chi connectivity index (χ4v) is 3.94. The summed E-state index contributed by atoms with van der Waals surface area (Å²) in [6.45, 7) is 1.30. The number of hydrogen-bond donors (Lipinski definition) is 0. The fourth-order valence-electron chi connectivity index (χ4n) is 3.94. The van der Waals surface area contributed by atoms with Crippen molar-refractivity contribution in [2.24, 2.45) is 5.92 Å². The molecule has 0 N–H and O–H groups in total. The summed E-state index contributed by atoms with van der Waals surface area (Å²) in [6, 6.07) is 9.33. The molecular weight excluding hydrogens is 302 g/mol. The average Bonchev–Trinajstić information content (AvgIpc) is 3.23. The minimum absolute atomic E-state index is 0.154. The lowest BCUT2D eigenvalue weighted by Crippen LogP contribution is -2.36. The van der Waals surface area contributed by atoms with Crippen LogP contribution in [0.1, 0.15) is 48.0 Å². The molecule has 1 aliphatic carbocycles. The number of nitrogens with zero attached hydrogens (tertiary/aromatic N) is 3. The summed E-state index contributed by atoms with van der Waals surface area (Å²) in [5.41, 5.74) is 0.823. The molecule has 5 nitrogen and oxygen atoms in total. The van der Waals surface area contributed by atoms with E-state index in [1.54, 1.807) is 36.2 Å². The summed E-state index contributed by atoms with van der Waals surface area (Å²) < 4.78 is 0. The van der Waals surface area contributed by atoms with Gasteiger partial charge in [0, 0.05) is 38.5 Å². The van der Waals surface area contributed by atoms with Crippen molar-refractivity contribution >= 4 is 11.8 Å². The Morgan fingerprint density at radius 2 is 2.04 bits per heavy atom. The normalized spacial score (nSPS) is 21.1. The second kappa shape index (κ2) is 7.04. The van der Waals surface area contributed by atoms with Crippen molar-refractivity contribution in [3.63, 3.8) is 0 Å². The van der Waals surface area contributed by atoms with Crippen LogP contribution in [0, 0.1) is 17.2 Å². The van der Waals surface area contributed by atoms with Crippen molar-refractivity contribution in [1.82, 2.24) is 9.80 Å². The number of carbonyl (C=O) groups excluding carboxylic acids is 2. The average molecular weight is 325 g/mol. The molecule has 0 spiro atoms. The van der Waals surface area contributed by atoms with Crippen LogP contribution in [0.25, 0.3) is 0 Å². The molecule has 0 radical (unpaired) electrons. The van der Waals surface area contributed by atoms with Crippen molar-refractivity contribution < 1.29 is 9.59 Å². The van der Waals surface area contributed by atoms with Gasteiger partial charge in [-0.1, -0.05) is 25.0 Å². The summed E-state index contributed by atoms with van der Waals surface area (Å²) >= 11 is 0. The number of rotatable bonds is 4. The monoisotopic (exact) mass is 325 g/mol. The smallest absolute Gasteiger partial charge is 0.254 e. The highest BCUT2D eigenvalue weighted by molar-refractivity contribution is 5.96. The zero-order chi connectivity index (χ0) is 17.1. The highest BCUT2D eigenvalue weighted by Crippen LogP contribution is 2.29. The molecule has 1 saturated carbocycles. The maximum absolute atomic E-state index is 12.6. The van der Waals surface area contributed by atoms with Gasteiger partial charge in [0.25, 0.3) is 5.91 Å². The van der Waals surface area contributed by atoms with Gasteiger partial charge in [0.05, 0.1) is 17.2 Å². The van der Waals surface area contributed by atoms with Crippen LogP contribution in [-0.2, 0) is 4.79 Å². The summed E-state index contributed by atoms with van der Waals surface area (Å²) in [5.74, 6) is 0.255. The zero-order valence-corrected chi connectivity index (χ0v) is 14.1. The molecule has 126 valence electrons. The lowest BCUT2D eigenvalue weighted by molar-refractivity contribution is -0.129. The highest BCUT2D eigenvalue weighted by Gasteiger charge is 2.36. The maximum Gasteiger partial charge on any atom is 0.254 e. The van der Waals surface area contributed by atoms with Crippen molar-refractivity contribution in [3.8, 4) is 6.07 Å². The molecule has 0 aromatic heterocycles. The summed E-state index contributed by atoms with van der Waals surface area (Å²) in [4.78, 5) is 28.6. The van der Waals surface area contributed by atoms with Gasteiger partial charge in [-0.15, -0.1) is 0 Å². The Morgan fingerprint density at radius 3 is 2.75 bits per heavy atom. The van der Waals surface area contributed by atoms with Gasteiger partial charge in [-0.05, 0) is 25.0 Å². The van der Waals surface area contributed by atoms with Crippen LogP contribution in [0.15, 0.2) is 24.3 Å². The minimum Gasteiger partial charge on any atom is -0.341 e. The standard InChI is InChI=1S/C19H23N3O2/c1-21(19(24)17-9-5-2-6-15(17)11-20)12-14-10-18(23)22(13-14)16-7-3-4-8-16/h2,5-6,9,14,16H,3-4,7-8,10,12-13H2,1H3. The SMILES string of the molecule is CN(CC1CC(=O)N(C2CCCC2)C1)C(=O)c1ccccc1C#N. The van der Waals surface area contributed by atoms with Gasteiger partial charge in [-0.25, -0.2) is 0 Å². The van der Waals surface area contributed by atoms with Crippen LogP contribution in [0.5, 0.6) is 0 Å². The van der Waals surface area contributed by atoms with Gasteiger partial charge >= 0.3 is 0 Å². The largest absolute Gasteiger partial charge is 0.341 e. The van der Waals surface area contributed by atoms with E-state index in [-0.39, 0.29) is 17.7 Å². The van der Waals surface area contributed by atoms with Crippen molar-refractivity contribution in [2.45, 2.75) is 38.1 Å². The number of benzene rings is 1. The van der Waals surface area contributed by atoms with Crippen LogP contribution in [-0.4, -0.2) is 47.8 Å². The van der Waals surface area contributed by atoms with E-state index in [2.05, 4.69) is 6.07 Å². The van der Waals surface area contributed by atoms with Crippen molar-refractivity contribution in [1.29, 1.82) is 5.26 Å². The van der Waals surface area contributed by atoms with E-state index >= 15 is 0 Å². The highest BCUT2D eigenvalue weighted by atomic mass is 16.2. The van der Waals surface area contributed by atoms with E-state index in [0.717, 1.165) is 19.4 Å². The quantitative estimate of drug-likeness (QED) is 0.854. The Balaban J connectivity index is 1.63. The number of carbonyl (C=O) groups is 2.